The van der Waals surface area contributed by atoms with Crippen LogP contribution in [0.1, 0.15) is 0 Å². The fourth-order valence-electron chi connectivity index (χ4n) is 1.37. The molecule has 0 spiro atoms. The number of nitrogens with zero attached hydrogens (tertiary/aromatic N) is 3. The molecule has 2 rings (SSSR count). The van der Waals surface area contributed by atoms with Crippen LogP contribution >= 0.6 is 27.5 Å². The highest BCUT2D eigenvalue weighted by Gasteiger charge is 2.18. The van der Waals surface area contributed by atoms with Crippen molar-refractivity contribution in [1.82, 2.24) is 9.97 Å². The van der Waals surface area contributed by atoms with Gasteiger partial charge in [0.25, 0.3) is 0 Å². The largest absolute Gasteiger partial charge is 0.430 e. The van der Waals surface area contributed by atoms with Crippen molar-refractivity contribution in [3.8, 4) is 11.6 Å². The summed E-state index contributed by atoms with van der Waals surface area (Å²) in [6, 6.07) is 4.42. The molecule has 0 saturated heterocycles. The summed E-state index contributed by atoms with van der Waals surface area (Å²) >= 11 is 9.08. The van der Waals surface area contributed by atoms with E-state index in [4.69, 9.17) is 16.3 Å². The Labute approximate surface area is 127 Å². The standard InChI is InChI=1S/C11H8BrClN4O3/c1-14-11-15-5-7(13)10(16-11)20-9-3-2-6(12)4-8(9)17(18)19/h2-5H,1H3,(H,14,15,16). The Morgan fingerprint density at radius 2 is 2.25 bits per heavy atom. The van der Waals surface area contributed by atoms with Gasteiger partial charge in [0.15, 0.2) is 0 Å². The molecule has 0 aliphatic rings. The molecular formula is C11H8BrClN4O3. The van der Waals surface area contributed by atoms with Gasteiger partial charge in [-0.05, 0) is 12.1 Å². The second kappa shape index (κ2) is 6.02. The lowest BCUT2D eigenvalue weighted by Crippen LogP contribution is -1.99. The Bertz CT molecular complexity index is 668. The minimum absolute atomic E-state index is 0.0384. The average Bonchev–Trinajstić information content (AvgIpc) is 2.42. The molecule has 7 nitrogen and oxygen atoms in total. The van der Waals surface area contributed by atoms with E-state index in [1.807, 2.05) is 0 Å². The normalized spacial score (nSPS) is 10.2. The predicted molar refractivity (Wildman–Crippen MR) is 77.5 cm³/mol. The number of hydrogen-bond donors (Lipinski definition) is 1. The van der Waals surface area contributed by atoms with E-state index in [2.05, 4.69) is 31.2 Å². The Morgan fingerprint density at radius 3 is 2.90 bits per heavy atom. The summed E-state index contributed by atoms with van der Waals surface area (Å²) in [6.45, 7) is 0. The van der Waals surface area contributed by atoms with Crippen molar-refractivity contribution in [2.75, 3.05) is 12.4 Å². The molecule has 0 radical (unpaired) electrons. The summed E-state index contributed by atoms with van der Waals surface area (Å²) in [6.07, 6.45) is 1.35. The summed E-state index contributed by atoms with van der Waals surface area (Å²) in [5.41, 5.74) is -0.194. The van der Waals surface area contributed by atoms with Crippen LogP contribution in [0.5, 0.6) is 11.6 Å². The maximum Gasteiger partial charge on any atom is 0.312 e. The number of benzene rings is 1. The van der Waals surface area contributed by atoms with E-state index in [1.54, 1.807) is 13.1 Å². The maximum atomic E-state index is 11.0. The highest BCUT2D eigenvalue weighted by molar-refractivity contribution is 9.10. The molecule has 0 atom stereocenters. The van der Waals surface area contributed by atoms with Crippen molar-refractivity contribution in [2.24, 2.45) is 0 Å². The lowest BCUT2D eigenvalue weighted by Gasteiger charge is -2.08. The van der Waals surface area contributed by atoms with Crippen molar-refractivity contribution in [2.45, 2.75) is 0 Å². The van der Waals surface area contributed by atoms with Gasteiger partial charge < -0.3 is 10.1 Å². The summed E-state index contributed by atoms with van der Waals surface area (Å²) in [7, 11) is 1.63. The molecule has 1 aromatic heterocycles. The lowest BCUT2D eigenvalue weighted by atomic mass is 10.3. The third kappa shape index (κ3) is 3.14. The third-order valence-electron chi connectivity index (χ3n) is 2.26. The second-order valence-electron chi connectivity index (χ2n) is 3.57. The predicted octanol–water partition coefficient (Wildman–Crippen LogP) is 3.63. The highest BCUT2D eigenvalue weighted by atomic mass is 79.9. The van der Waals surface area contributed by atoms with E-state index in [0.29, 0.717) is 10.4 Å². The van der Waals surface area contributed by atoms with Gasteiger partial charge in [-0.2, -0.15) is 4.98 Å². The van der Waals surface area contributed by atoms with E-state index in [1.165, 1.54) is 18.3 Å². The summed E-state index contributed by atoms with van der Waals surface area (Å²) < 4.78 is 5.98. The van der Waals surface area contributed by atoms with Crippen molar-refractivity contribution in [3.05, 3.63) is 44.0 Å². The SMILES string of the molecule is CNc1ncc(Cl)c(Oc2ccc(Br)cc2[N+](=O)[O-])n1. The van der Waals surface area contributed by atoms with Crippen LogP contribution in [0.3, 0.4) is 0 Å². The van der Waals surface area contributed by atoms with E-state index in [-0.39, 0.29) is 22.3 Å². The van der Waals surface area contributed by atoms with Crippen LogP contribution in [-0.4, -0.2) is 21.9 Å². The van der Waals surface area contributed by atoms with E-state index in [0.717, 1.165) is 0 Å². The van der Waals surface area contributed by atoms with Crippen LogP contribution in [0, 0.1) is 10.1 Å². The first-order chi connectivity index (χ1) is 9.51. The van der Waals surface area contributed by atoms with Crippen molar-refractivity contribution < 1.29 is 9.66 Å². The molecule has 0 aliphatic heterocycles. The number of aromatic nitrogens is 2. The number of ether oxygens (including phenoxy) is 1. The minimum atomic E-state index is -0.547. The molecule has 0 aliphatic carbocycles. The minimum Gasteiger partial charge on any atom is -0.430 e. The van der Waals surface area contributed by atoms with Crippen LogP contribution in [0.2, 0.25) is 5.02 Å². The van der Waals surface area contributed by atoms with Crippen LogP contribution in [-0.2, 0) is 0 Å². The van der Waals surface area contributed by atoms with Gasteiger partial charge in [0, 0.05) is 17.6 Å². The molecule has 0 bridgehead atoms. The zero-order valence-corrected chi connectivity index (χ0v) is 12.5. The number of nitrogens with one attached hydrogen (secondary N) is 1. The van der Waals surface area contributed by atoms with E-state index in [9.17, 15) is 10.1 Å². The van der Waals surface area contributed by atoms with Gasteiger partial charge in [-0.25, -0.2) is 4.98 Å². The fourth-order valence-corrected chi connectivity index (χ4v) is 1.85. The quantitative estimate of drug-likeness (QED) is 0.662. The van der Waals surface area contributed by atoms with Crippen LogP contribution in [0.25, 0.3) is 0 Å². The molecule has 20 heavy (non-hydrogen) atoms. The number of nitro benzene ring substituents is 1. The van der Waals surface area contributed by atoms with Gasteiger partial charge in [-0.15, -0.1) is 0 Å². The van der Waals surface area contributed by atoms with Gasteiger partial charge >= 0.3 is 5.69 Å². The zero-order chi connectivity index (χ0) is 14.7. The van der Waals surface area contributed by atoms with Crippen molar-refractivity contribution in [3.63, 3.8) is 0 Å². The van der Waals surface area contributed by atoms with Crippen molar-refractivity contribution >= 4 is 39.2 Å². The molecule has 0 fully saturated rings. The number of nitro groups is 1. The fraction of sp³-hybridized carbons (Fsp3) is 0.0909. The second-order valence-corrected chi connectivity index (χ2v) is 4.89. The smallest absolute Gasteiger partial charge is 0.312 e. The Balaban J connectivity index is 2.42. The van der Waals surface area contributed by atoms with Gasteiger partial charge in [0.2, 0.25) is 17.6 Å². The van der Waals surface area contributed by atoms with Crippen LogP contribution in [0.15, 0.2) is 28.9 Å². The highest BCUT2D eigenvalue weighted by Crippen LogP contribution is 2.35. The maximum absolute atomic E-state index is 11.0. The monoisotopic (exact) mass is 358 g/mol. The number of rotatable bonds is 4. The van der Waals surface area contributed by atoms with Crippen molar-refractivity contribution in [1.29, 1.82) is 0 Å². The number of halogens is 2. The van der Waals surface area contributed by atoms with Crippen LogP contribution in [0.4, 0.5) is 11.6 Å². The molecule has 0 saturated carbocycles. The summed E-state index contributed by atoms with van der Waals surface area (Å²) in [5.74, 6) is 0.376. The van der Waals surface area contributed by atoms with Gasteiger partial charge in [-0.1, -0.05) is 27.5 Å². The molecule has 0 amide bonds. The third-order valence-corrected chi connectivity index (χ3v) is 3.01. The Kier molecular flexibility index (Phi) is 4.35. The molecule has 1 N–H and O–H groups in total. The van der Waals surface area contributed by atoms with Crippen LogP contribution < -0.4 is 10.1 Å². The Hall–Kier alpha value is -1.93. The van der Waals surface area contributed by atoms with Gasteiger partial charge in [0.1, 0.15) is 5.02 Å². The summed E-state index contributed by atoms with van der Waals surface area (Å²) in [5, 5.41) is 13.9. The van der Waals surface area contributed by atoms with Gasteiger partial charge in [-0.3, -0.25) is 10.1 Å². The van der Waals surface area contributed by atoms with E-state index >= 15 is 0 Å². The number of anilines is 1. The molecular weight excluding hydrogens is 352 g/mol. The first kappa shape index (κ1) is 14.5. The Morgan fingerprint density at radius 1 is 1.50 bits per heavy atom. The molecule has 0 unspecified atom stereocenters. The molecule has 1 aromatic carbocycles. The average molecular weight is 360 g/mol. The molecule has 104 valence electrons. The zero-order valence-electron chi connectivity index (χ0n) is 10.1. The first-order valence-corrected chi connectivity index (χ1v) is 6.50. The molecule has 1 heterocycles. The molecule has 9 heteroatoms. The van der Waals surface area contributed by atoms with E-state index < -0.39 is 4.92 Å². The lowest BCUT2D eigenvalue weighted by molar-refractivity contribution is -0.385. The van der Waals surface area contributed by atoms with Gasteiger partial charge in [0.05, 0.1) is 11.1 Å². The topological polar surface area (TPSA) is 90.2 Å². The number of hydrogen-bond acceptors (Lipinski definition) is 6. The summed E-state index contributed by atoms with van der Waals surface area (Å²) in [4.78, 5) is 18.3. The first-order valence-electron chi connectivity index (χ1n) is 5.33. The molecule has 2 aromatic rings.